The molecule has 4 aliphatic rings. The molecule has 7 rings (SSSR count). The van der Waals surface area contributed by atoms with E-state index in [1.54, 1.807) is 0 Å². The summed E-state index contributed by atoms with van der Waals surface area (Å²) in [6.45, 7) is 0. The Morgan fingerprint density at radius 3 is 1.73 bits per heavy atom. The highest BCUT2D eigenvalue weighted by Crippen LogP contribution is 2.59. The van der Waals surface area contributed by atoms with Gasteiger partial charge < -0.3 is 14.6 Å². The number of benzene rings is 3. The van der Waals surface area contributed by atoms with E-state index in [0.717, 1.165) is 21.9 Å². The lowest BCUT2D eigenvalue weighted by atomic mass is 9.57. The Labute approximate surface area is 277 Å². The third-order valence-electron chi connectivity index (χ3n) is 10.1. The number of anilines is 2. The van der Waals surface area contributed by atoms with Crippen LogP contribution in [0.5, 0.6) is 17.2 Å². The van der Waals surface area contributed by atoms with Gasteiger partial charge in [-0.05, 0) is 48.6 Å². The van der Waals surface area contributed by atoms with E-state index in [9.17, 15) is 44.5 Å². The fraction of sp³-hybridized carbons (Fsp3) is 0.294. The summed E-state index contributed by atoms with van der Waals surface area (Å²) in [5.41, 5.74) is 0.568. The van der Waals surface area contributed by atoms with Crippen LogP contribution < -0.4 is 19.3 Å². The first-order chi connectivity index (χ1) is 23.5. The molecule has 15 nitrogen and oxygen atoms in total. The summed E-state index contributed by atoms with van der Waals surface area (Å²) in [6.07, 6.45) is 1.97. The molecule has 4 amide bonds. The van der Waals surface area contributed by atoms with E-state index in [4.69, 9.17) is 9.47 Å². The van der Waals surface area contributed by atoms with E-state index in [0.29, 0.717) is 11.1 Å². The molecule has 250 valence electrons. The SMILES string of the molecule is COc1cc(C2C3=CCC4C(=O)N(c5cccc([N+](=O)[O-])c5)C(=O)C4C3CC3C(=O)N(c4cccc([N+](=O)[O-])c4)C(=O)C32)cc(OC)c1O. The lowest BCUT2D eigenvalue weighted by Crippen LogP contribution is -2.43. The maximum Gasteiger partial charge on any atom is 0.271 e. The summed E-state index contributed by atoms with van der Waals surface area (Å²) in [4.78, 5) is 80.2. The molecular weight excluding hydrogens is 640 g/mol. The highest BCUT2D eigenvalue weighted by molar-refractivity contribution is 6.24. The van der Waals surface area contributed by atoms with Crippen LogP contribution in [-0.4, -0.2) is 52.8 Å². The van der Waals surface area contributed by atoms with Crippen LogP contribution in [0.15, 0.2) is 72.3 Å². The molecule has 1 N–H and O–H groups in total. The van der Waals surface area contributed by atoms with E-state index in [2.05, 4.69) is 0 Å². The van der Waals surface area contributed by atoms with Gasteiger partial charge in [0.05, 0.1) is 59.1 Å². The van der Waals surface area contributed by atoms with Crippen molar-refractivity contribution in [3.8, 4) is 17.2 Å². The third kappa shape index (κ3) is 4.71. The van der Waals surface area contributed by atoms with Crippen molar-refractivity contribution in [2.24, 2.45) is 29.6 Å². The number of carbonyl (C=O) groups is 4. The maximum atomic E-state index is 14.3. The van der Waals surface area contributed by atoms with Crippen LogP contribution in [-0.2, 0) is 19.2 Å². The molecule has 0 radical (unpaired) electrons. The molecule has 1 saturated carbocycles. The summed E-state index contributed by atoms with van der Waals surface area (Å²) in [5, 5.41) is 33.7. The summed E-state index contributed by atoms with van der Waals surface area (Å²) >= 11 is 0. The van der Waals surface area contributed by atoms with Crippen LogP contribution in [0.25, 0.3) is 0 Å². The number of nitrogens with zero attached hydrogens (tertiary/aromatic N) is 4. The number of ether oxygens (including phenoxy) is 2. The van der Waals surface area contributed by atoms with Gasteiger partial charge in [-0.15, -0.1) is 0 Å². The monoisotopic (exact) mass is 668 g/mol. The molecule has 15 heteroatoms. The van der Waals surface area contributed by atoms with Crippen LogP contribution in [0.2, 0.25) is 0 Å². The Balaban J connectivity index is 1.36. The van der Waals surface area contributed by atoms with E-state index < -0.39 is 69.0 Å². The lowest BCUT2D eigenvalue weighted by molar-refractivity contribution is -0.385. The number of hydrogen-bond acceptors (Lipinski definition) is 11. The van der Waals surface area contributed by atoms with Crippen LogP contribution in [0.3, 0.4) is 0 Å². The van der Waals surface area contributed by atoms with Gasteiger partial charge in [-0.1, -0.05) is 23.8 Å². The summed E-state index contributed by atoms with van der Waals surface area (Å²) in [6, 6.07) is 13.5. The minimum absolute atomic E-state index is 0.0250. The van der Waals surface area contributed by atoms with Gasteiger partial charge in [0, 0.05) is 30.2 Å². The average Bonchev–Trinajstić information content (AvgIpc) is 3.50. The predicted molar refractivity (Wildman–Crippen MR) is 170 cm³/mol. The molecule has 0 bridgehead atoms. The van der Waals surface area contributed by atoms with Gasteiger partial charge in [-0.2, -0.15) is 0 Å². The number of rotatable bonds is 7. The molecule has 3 aromatic carbocycles. The lowest BCUT2D eigenvalue weighted by Gasteiger charge is -2.44. The van der Waals surface area contributed by atoms with Crippen molar-refractivity contribution in [2.45, 2.75) is 18.8 Å². The molecule has 0 aromatic heterocycles. The van der Waals surface area contributed by atoms with Crippen molar-refractivity contribution in [1.82, 2.24) is 0 Å². The fourth-order valence-electron chi connectivity index (χ4n) is 8.06. The molecule has 3 fully saturated rings. The quantitative estimate of drug-likeness (QED) is 0.163. The van der Waals surface area contributed by atoms with E-state index >= 15 is 0 Å². The highest BCUT2D eigenvalue weighted by atomic mass is 16.6. The summed E-state index contributed by atoms with van der Waals surface area (Å²) in [5.74, 6) is -7.80. The van der Waals surface area contributed by atoms with Gasteiger partial charge in [-0.25, -0.2) is 9.80 Å². The van der Waals surface area contributed by atoms with Crippen molar-refractivity contribution in [3.63, 3.8) is 0 Å². The first-order valence-corrected chi connectivity index (χ1v) is 15.4. The van der Waals surface area contributed by atoms with Crippen LogP contribution in [0.1, 0.15) is 24.3 Å². The Bertz CT molecular complexity index is 2000. The standard InChI is InChI=1S/C34H28N4O11/c1-48-25-11-16(12-26(49-2)30(25)39)27-21-9-10-22-28(33(42)35(31(22)40)17-5-3-7-19(13-17)37(44)45)23(21)15-24-29(27)34(43)36(32(24)41)18-6-4-8-20(14-18)38(46)47/h3-9,11-14,22-24,27-29,39H,10,15H2,1-2H3. The van der Waals surface area contributed by atoms with Gasteiger partial charge >= 0.3 is 0 Å². The number of phenolic OH excluding ortho intramolecular Hbond substituents is 1. The van der Waals surface area contributed by atoms with Crippen molar-refractivity contribution < 1.29 is 43.6 Å². The first kappa shape index (κ1) is 31.5. The van der Waals surface area contributed by atoms with Crippen molar-refractivity contribution in [1.29, 1.82) is 0 Å². The Kier molecular flexibility index (Phi) is 7.41. The number of non-ortho nitro benzene ring substituents is 2. The third-order valence-corrected chi connectivity index (χ3v) is 10.1. The van der Waals surface area contributed by atoms with Crippen LogP contribution in [0, 0.1) is 49.8 Å². The zero-order chi connectivity index (χ0) is 34.9. The second kappa shape index (κ2) is 11.5. The number of methoxy groups -OCH3 is 2. The molecule has 2 heterocycles. The summed E-state index contributed by atoms with van der Waals surface area (Å²) < 4.78 is 10.8. The molecular formula is C34H28N4O11. The molecule has 2 saturated heterocycles. The second-order valence-corrected chi connectivity index (χ2v) is 12.4. The Hall–Kier alpha value is -6.12. The molecule has 6 atom stereocenters. The smallest absolute Gasteiger partial charge is 0.271 e. The number of nitro benzene ring substituents is 2. The highest BCUT2D eigenvalue weighted by Gasteiger charge is 2.62. The Morgan fingerprint density at radius 2 is 1.22 bits per heavy atom. The predicted octanol–water partition coefficient (Wildman–Crippen LogP) is 4.27. The fourth-order valence-corrected chi connectivity index (χ4v) is 8.06. The number of nitro groups is 2. The zero-order valence-electron chi connectivity index (χ0n) is 26.0. The van der Waals surface area contributed by atoms with E-state index in [-0.39, 0.29) is 52.8 Å². The molecule has 2 aliphatic carbocycles. The zero-order valence-corrected chi connectivity index (χ0v) is 26.0. The van der Waals surface area contributed by atoms with Crippen molar-refractivity contribution in [3.05, 3.63) is 98.1 Å². The van der Waals surface area contributed by atoms with E-state index in [1.807, 2.05) is 6.08 Å². The molecule has 2 aliphatic heterocycles. The number of imide groups is 2. The van der Waals surface area contributed by atoms with Gasteiger partial charge in [0.25, 0.3) is 11.4 Å². The number of amides is 4. The largest absolute Gasteiger partial charge is 0.502 e. The normalized spacial score (nSPS) is 25.8. The molecule has 3 aromatic rings. The molecule has 0 spiro atoms. The van der Waals surface area contributed by atoms with Gasteiger partial charge in [-0.3, -0.25) is 39.4 Å². The average molecular weight is 669 g/mol. The summed E-state index contributed by atoms with van der Waals surface area (Å²) in [7, 11) is 2.68. The van der Waals surface area contributed by atoms with Crippen molar-refractivity contribution in [2.75, 3.05) is 24.0 Å². The molecule has 49 heavy (non-hydrogen) atoms. The minimum atomic E-state index is -1.01. The topological polar surface area (TPSA) is 200 Å². The number of allylic oxidation sites excluding steroid dienone is 2. The first-order valence-electron chi connectivity index (χ1n) is 15.4. The van der Waals surface area contributed by atoms with Gasteiger partial charge in [0.1, 0.15) is 0 Å². The van der Waals surface area contributed by atoms with Crippen molar-refractivity contribution >= 4 is 46.4 Å². The van der Waals surface area contributed by atoms with Crippen LogP contribution >= 0.6 is 0 Å². The van der Waals surface area contributed by atoms with Crippen LogP contribution in [0.4, 0.5) is 22.7 Å². The minimum Gasteiger partial charge on any atom is -0.502 e. The molecule has 6 unspecified atom stereocenters. The van der Waals surface area contributed by atoms with E-state index in [1.165, 1.54) is 62.8 Å². The number of fused-ring (bicyclic) bond motifs is 4. The van der Waals surface area contributed by atoms with Gasteiger partial charge in [0.2, 0.25) is 29.4 Å². The Morgan fingerprint density at radius 1 is 0.714 bits per heavy atom. The van der Waals surface area contributed by atoms with Gasteiger partial charge in [0.15, 0.2) is 11.5 Å². The number of aromatic hydroxyl groups is 1. The number of hydrogen-bond donors (Lipinski definition) is 1. The number of phenols is 1. The number of carbonyl (C=O) groups excluding carboxylic acids is 4. The maximum absolute atomic E-state index is 14.3. The second-order valence-electron chi connectivity index (χ2n) is 12.4.